The first kappa shape index (κ1) is 20.3. The number of rotatable bonds is 6. The number of hydrogen-bond donors (Lipinski definition) is 1. The number of halogens is 1. The number of likely N-dealkylation sites (tertiary alicyclic amines) is 1. The number of amides is 1. The van der Waals surface area contributed by atoms with Gasteiger partial charge in [0.1, 0.15) is 11.6 Å². The van der Waals surface area contributed by atoms with Crippen LogP contribution in [0, 0.1) is 12.7 Å². The van der Waals surface area contributed by atoms with E-state index >= 15 is 0 Å². The summed E-state index contributed by atoms with van der Waals surface area (Å²) in [6, 6.07) is 8.17. The number of hydrogen-bond acceptors (Lipinski definition) is 5. The van der Waals surface area contributed by atoms with Gasteiger partial charge in [0, 0.05) is 18.7 Å². The van der Waals surface area contributed by atoms with E-state index in [0.717, 1.165) is 25.9 Å². The Hall–Kier alpha value is -2.93. The molecule has 2 aliphatic heterocycles. The molecule has 1 N–H and O–H groups in total. The highest BCUT2D eigenvalue weighted by molar-refractivity contribution is 6.15. The molecule has 7 heteroatoms. The first-order chi connectivity index (χ1) is 14.5. The van der Waals surface area contributed by atoms with Crippen molar-refractivity contribution in [1.82, 2.24) is 9.80 Å². The molecule has 4 rings (SSSR count). The molecule has 1 aromatic carbocycles. The third kappa shape index (κ3) is 3.77. The topological polar surface area (TPSA) is 74.0 Å². The van der Waals surface area contributed by atoms with Crippen LogP contribution in [-0.4, -0.2) is 52.8 Å². The number of carbonyl (C=O) groups is 2. The molecule has 6 nitrogen and oxygen atoms in total. The Morgan fingerprint density at radius 3 is 2.53 bits per heavy atom. The molecule has 1 aromatic heterocycles. The smallest absolute Gasteiger partial charge is 0.290 e. The molecule has 2 aromatic rings. The van der Waals surface area contributed by atoms with Gasteiger partial charge in [-0.25, -0.2) is 4.39 Å². The fraction of sp³-hybridized carbons (Fsp3) is 0.391. The lowest BCUT2D eigenvalue weighted by molar-refractivity contribution is -0.129. The Morgan fingerprint density at radius 2 is 1.87 bits per heavy atom. The summed E-state index contributed by atoms with van der Waals surface area (Å²) < 4.78 is 20.1. The monoisotopic (exact) mass is 412 g/mol. The quantitative estimate of drug-likeness (QED) is 0.731. The SMILES string of the molecule is Cc1ccc(C(=O)C2=C(O)C(=O)N(CCN3CCCCC3)C2c2ccccc2F)o1. The van der Waals surface area contributed by atoms with Crippen LogP contribution in [0.25, 0.3) is 0 Å². The van der Waals surface area contributed by atoms with Gasteiger partial charge >= 0.3 is 0 Å². The van der Waals surface area contributed by atoms with E-state index in [1.54, 1.807) is 31.2 Å². The van der Waals surface area contributed by atoms with Crippen LogP contribution in [0.4, 0.5) is 4.39 Å². The van der Waals surface area contributed by atoms with Crippen molar-refractivity contribution >= 4 is 11.7 Å². The zero-order valence-corrected chi connectivity index (χ0v) is 16.9. The van der Waals surface area contributed by atoms with E-state index in [-0.39, 0.29) is 23.4 Å². The van der Waals surface area contributed by atoms with Crippen molar-refractivity contribution in [2.75, 3.05) is 26.2 Å². The summed E-state index contributed by atoms with van der Waals surface area (Å²) in [5, 5.41) is 10.6. The first-order valence-corrected chi connectivity index (χ1v) is 10.3. The number of ketones is 1. The van der Waals surface area contributed by atoms with Crippen molar-refractivity contribution in [2.24, 2.45) is 0 Å². The number of carbonyl (C=O) groups excluding carboxylic acids is 2. The molecule has 2 aliphatic rings. The average molecular weight is 412 g/mol. The fourth-order valence-electron chi connectivity index (χ4n) is 4.26. The molecule has 0 aliphatic carbocycles. The van der Waals surface area contributed by atoms with Gasteiger partial charge in [-0.3, -0.25) is 9.59 Å². The molecular formula is C23H25FN2O4. The molecule has 30 heavy (non-hydrogen) atoms. The maximum Gasteiger partial charge on any atom is 0.290 e. The number of furan rings is 1. The van der Waals surface area contributed by atoms with E-state index in [9.17, 15) is 19.1 Å². The van der Waals surface area contributed by atoms with Crippen LogP contribution in [0.3, 0.4) is 0 Å². The lowest BCUT2D eigenvalue weighted by atomic mass is 9.94. The van der Waals surface area contributed by atoms with Gasteiger partial charge in [0.2, 0.25) is 5.78 Å². The number of Topliss-reactive ketones (excluding diaryl/α,β-unsaturated/α-hetero) is 1. The molecule has 1 fully saturated rings. The molecule has 0 radical (unpaired) electrons. The summed E-state index contributed by atoms with van der Waals surface area (Å²) in [6.45, 7) is 4.48. The van der Waals surface area contributed by atoms with E-state index < -0.39 is 29.3 Å². The molecule has 1 atom stereocenters. The average Bonchev–Trinajstić information content (AvgIpc) is 3.29. The minimum atomic E-state index is -0.999. The van der Waals surface area contributed by atoms with E-state index in [4.69, 9.17) is 4.42 Å². The lowest BCUT2D eigenvalue weighted by Crippen LogP contribution is -2.40. The number of aryl methyl sites for hydroxylation is 1. The Balaban J connectivity index is 1.69. The highest BCUT2D eigenvalue weighted by Crippen LogP contribution is 2.40. The lowest BCUT2D eigenvalue weighted by Gasteiger charge is -2.31. The normalized spacial score (nSPS) is 20.3. The second-order valence-corrected chi connectivity index (χ2v) is 7.83. The second-order valence-electron chi connectivity index (χ2n) is 7.83. The van der Waals surface area contributed by atoms with Gasteiger partial charge in [-0.05, 0) is 51.1 Å². The number of nitrogens with zero attached hydrogens (tertiary/aromatic N) is 2. The molecule has 1 unspecified atom stereocenters. The second kappa shape index (κ2) is 8.44. The minimum absolute atomic E-state index is 0.0149. The van der Waals surface area contributed by atoms with E-state index in [0.29, 0.717) is 12.3 Å². The van der Waals surface area contributed by atoms with Crippen LogP contribution in [0.1, 0.15) is 47.2 Å². The molecular weight excluding hydrogens is 387 g/mol. The van der Waals surface area contributed by atoms with Crippen LogP contribution in [-0.2, 0) is 4.79 Å². The van der Waals surface area contributed by atoms with Crippen LogP contribution < -0.4 is 0 Å². The Labute approximate surface area is 174 Å². The Kier molecular flexibility index (Phi) is 5.72. The van der Waals surface area contributed by atoms with Crippen molar-refractivity contribution < 1.29 is 23.5 Å². The third-order valence-corrected chi connectivity index (χ3v) is 5.82. The zero-order chi connectivity index (χ0) is 21.3. The van der Waals surface area contributed by atoms with Gasteiger partial charge < -0.3 is 19.3 Å². The predicted molar refractivity (Wildman–Crippen MR) is 109 cm³/mol. The molecule has 0 saturated carbocycles. The first-order valence-electron chi connectivity index (χ1n) is 10.3. The number of piperidine rings is 1. The van der Waals surface area contributed by atoms with Crippen LogP contribution in [0.5, 0.6) is 0 Å². The van der Waals surface area contributed by atoms with Gasteiger partial charge in [0.15, 0.2) is 11.5 Å². The fourth-order valence-corrected chi connectivity index (χ4v) is 4.26. The van der Waals surface area contributed by atoms with Crippen molar-refractivity contribution in [3.05, 3.63) is 70.6 Å². The number of aliphatic hydroxyl groups excluding tert-OH is 1. The Morgan fingerprint density at radius 1 is 1.13 bits per heavy atom. The summed E-state index contributed by atoms with van der Waals surface area (Å²) in [5.74, 6) is -1.89. The summed E-state index contributed by atoms with van der Waals surface area (Å²) >= 11 is 0. The molecule has 158 valence electrons. The van der Waals surface area contributed by atoms with Crippen molar-refractivity contribution in [3.63, 3.8) is 0 Å². The highest BCUT2D eigenvalue weighted by atomic mass is 19.1. The van der Waals surface area contributed by atoms with E-state index in [1.807, 2.05) is 0 Å². The molecule has 3 heterocycles. The predicted octanol–water partition coefficient (Wildman–Crippen LogP) is 3.79. The zero-order valence-electron chi connectivity index (χ0n) is 16.9. The summed E-state index contributed by atoms with van der Waals surface area (Å²) in [6.07, 6.45) is 3.41. The van der Waals surface area contributed by atoms with Gasteiger partial charge in [-0.15, -0.1) is 0 Å². The standard InChI is InChI=1S/C23H25FN2O4/c1-15-9-10-18(30-15)21(27)19-20(16-7-3-4-8-17(16)24)26(23(29)22(19)28)14-13-25-11-5-2-6-12-25/h3-4,7-10,20,28H,2,5-6,11-14H2,1H3. The summed E-state index contributed by atoms with van der Waals surface area (Å²) in [5.41, 5.74) is 0.0401. The van der Waals surface area contributed by atoms with Gasteiger partial charge in [-0.1, -0.05) is 24.6 Å². The number of aliphatic hydroxyl groups is 1. The molecule has 1 saturated heterocycles. The van der Waals surface area contributed by atoms with Crippen molar-refractivity contribution in [3.8, 4) is 0 Å². The van der Waals surface area contributed by atoms with Crippen LogP contribution in [0.15, 0.2) is 52.1 Å². The third-order valence-electron chi connectivity index (χ3n) is 5.82. The Bertz CT molecular complexity index is 991. The molecule has 0 spiro atoms. The van der Waals surface area contributed by atoms with E-state index in [1.165, 1.54) is 23.5 Å². The number of benzene rings is 1. The van der Waals surface area contributed by atoms with Gasteiger partial charge in [0.25, 0.3) is 5.91 Å². The molecule has 0 bridgehead atoms. The van der Waals surface area contributed by atoms with Crippen LogP contribution >= 0.6 is 0 Å². The van der Waals surface area contributed by atoms with E-state index in [2.05, 4.69) is 4.90 Å². The van der Waals surface area contributed by atoms with Crippen molar-refractivity contribution in [1.29, 1.82) is 0 Å². The van der Waals surface area contributed by atoms with Crippen LogP contribution in [0.2, 0.25) is 0 Å². The minimum Gasteiger partial charge on any atom is -0.503 e. The maximum absolute atomic E-state index is 14.7. The largest absolute Gasteiger partial charge is 0.503 e. The van der Waals surface area contributed by atoms with Gasteiger partial charge in [0.05, 0.1) is 11.6 Å². The highest BCUT2D eigenvalue weighted by Gasteiger charge is 2.45. The van der Waals surface area contributed by atoms with Gasteiger partial charge in [-0.2, -0.15) is 0 Å². The summed E-state index contributed by atoms with van der Waals surface area (Å²) in [4.78, 5) is 29.7. The van der Waals surface area contributed by atoms with Crippen molar-refractivity contribution in [2.45, 2.75) is 32.2 Å². The summed E-state index contributed by atoms with van der Waals surface area (Å²) in [7, 11) is 0. The maximum atomic E-state index is 14.7. The molecule has 1 amide bonds.